The summed E-state index contributed by atoms with van der Waals surface area (Å²) in [6.45, 7) is 9.17. The van der Waals surface area contributed by atoms with Crippen molar-refractivity contribution in [2.45, 2.75) is 77.4 Å². The van der Waals surface area contributed by atoms with Gasteiger partial charge in [-0.05, 0) is 40.2 Å². The molecular formula is C15H31NO. The van der Waals surface area contributed by atoms with Crippen molar-refractivity contribution in [2.75, 3.05) is 20.1 Å². The van der Waals surface area contributed by atoms with Crippen molar-refractivity contribution in [3.63, 3.8) is 0 Å². The van der Waals surface area contributed by atoms with Crippen molar-refractivity contribution in [2.24, 2.45) is 0 Å². The number of piperidine rings is 1. The van der Waals surface area contributed by atoms with Gasteiger partial charge in [-0.25, -0.2) is 0 Å². The summed E-state index contributed by atoms with van der Waals surface area (Å²) in [6.07, 6.45) is 9.46. The number of unbranched alkanes of at least 4 members (excludes halogenated alkanes) is 3. The summed E-state index contributed by atoms with van der Waals surface area (Å²) in [5.74, 6) is 0. The van der Waals surface area contributed by atoms with Gasteiger partial charge in [-0.1, -0.05) is 32.6 Å². The predicted molar refractivity (Wildman–Crippen MR) is 74.4 cm³/mol. The topological polar surface area (TPSA) is 12.5 Å². The molecule has 0 bridgehead atoms. The summed E-state index contributed by atoms with van der Waals surface area (Å²) in [5, 5.41) is 0. The quantitative estimate of drug-likeness (QED) is 0.628. The van der Waals surface area contributed by atoms with E-state index in [0.717, 1.165) is 0 Å². The van der Waals surface area contributed by atoms with Gasteiger partial charge in [0.1, 0.15) is 0 Å². The second-order valence-corrected chi connectivity index (χ2v) is 6.19. The third-order valence-electron chi connectivity index (χ3n) is 3.78. The van der Waals surface area contributed by atoms with Gasteiger partial charge in [-0.2, -0.15) is 0 Å². The third-order valence-corrected chi connectivity index (χ3v) is 3.78. The Morgan fingerprint density at radius 1 is 1.12 bits per heavy atom. The van der Waals surface area contributed by atoms with Gasteiger partial charge in [-0.15, -0.1) is 0 Å². The van der Waals surface area contributed by atoms with Crippen LogP contribution >= 0.6 is 0 Å². The Bertz CT molecular complexity index is 195. The number of ether oxygens (including phenoxy) is 1. The molecule has 0 aromatic rings. The van der Waals surface area contributed by atoms with E-state index in [-0.39, 0.29) is 5.60 Å². The first kappa shape index (κ1) is 15.0. The number of hydrogen-bond donors (Lipinski definition) is 0. The Hall–Kier alpha value is -0.0800. The molecule has 0 radical (unpaired) electrons. The van der Waals surface area contributed by atoms with Crippen molar-refractivity contribution in [3.05, 3.63) is 0 Å². The van der Waals surface area contributed by atoms with Gasteiger partial charge in [0.05, 0.1) is 11.7 Å². The fourth-order valence-electron chi connectivity index (χ4n) is 2.59. The second-order valence-electron chi connectivity index (χ2n) is 6.19. The minimum absolute atomic E-state index is 0.0777. The molecule has 1 fully saturated rings. The molecule has 1 rings (SSSR count). The van der Waals surface area contributed by atoms with Crippen molar-refractivity contribution in [1.82, 2.24) is 4.90 Å². The minimum atomic E-state index is 0.0777. The summed E-state index contributed by atoms with van der Waals surface area (Å²) in [4.78, 5) is 2.40. The molecule has 1 heterocycles. The molecule has 1 aliphatic heterocycles. The van der Waals surface area contributed by atoms with E-state index in [1.165, 1.54) is 58.0 Å². The maximum Gasteiger partial charge on any atom is 0.0630 e. The van der Waals surface area contributed by atoms with Crippen LogP contribution in [-0.4, -0.2) is 36.7 Å². The summed E-state index contributed by atoms with van der Waals surface area (Å²) in [7, 11) is 2.20. The van der Waals surface area contributed by atoms with Crippen molar-refractivity contribution < 1.29 is 4.74 Å². The van der Waals surface area contributed by atoms with Crippen LogP contribution in [0, 0.1) is 0 Å². The first-order valence-corrected chi connectivity index (χ1v) is 7.40. The Labute approximate surface area is 108 Å². The van der Waals surface area contributed by atoms with E-state index in [0.29, 0.717) is 6.10 Å². The molecule has 17 heavy (non-hydrogen) atoms. The first-order valence-electron chi connectivity index (χ1n) is 7.40. The standard InChI is InChI=1S/C15H31NO/c1-5-6-7-8-11-15(2,3)17-14-9-12-16(4)13-10-14/h14H,5-13H2,1-4H3. The van der Waals surface area contributed by atoms with Crippen LogP contribution in [0.25, 0.3) is 0 Å². The Morgan fingerprint density at radius 3 is 2.35 bits per heavy atom. The zero-order valence-electron chi connectivity index (χ0n) is 12.3. The smallest absolute Gasteiger partial charge is 0.0630 e. The highest BCUT2D eigenvalue weighted by Gasteiger charge is 2.25. The number of nitrogens with zero attached hydrogens (tertiary/aromatic N) is 1. The summed E-state index contributed by atoms with van der Waals surface area (Å²) < 4.78 is 6.28. The van der Waals surface area contributed by atoms with Crippen LogP contribution in [0.4, 0.5) is 0 Å². The fourth-order valence-corrected chi connectivity index (χ4v) is 2.59. The molecule has 2 heteroatoms. The molecule has 0 aliphatic carbocycles. The highest BCUT2D eigenvalue weighted by Crippen LogP contribution is 2.24. The molecule has 1 saturated heterocycles. The average molecular weight is 241 g/mol. The van der Waals surface area contributed by atoms with Crippen molar-refractivity contribution in [1.29, 1.82) is 0 Å². The van der Waals surface area contributed by atoms with Crippen LogP contribution < -0.4 is 0 Å². The highest BCUT2D eigenvalue weighted by molar-refractivity contribution is 4.76. The number of hydrogen-bond acceptors (Lipinski definition) is 2. The van der Waals surface area contributed by atoms with E-state index < -0.39 is 0 Å². The van der Waals surface area contributed by atoms with E-state index in [1.807, 2.05) is 0 Å². The SMILES string of the molecule is CCCCCCC(C)(C)OC1CCN(C)CC1. The number of rotatable bonds is 7. The van der Waals surface area contributed by atoms with Crippen LogP contribution in [0.15, 0.2) is 0 Å². The summed E-state index contributed by atoms with van der Waals surface area (Å²) in [6, 6.07) is 0. The van der Waals surface area contributed by atoms with Gasteiger partial charge < -0.3 is 9.64 Å². The minimum Gasteiger partial charge on any atom is -0.372 e. The van der Waals surface area contributed by atoms with Gasteiger partial charge >= 0.3 is 0 Å². The van der Waals surface area contributed by atoms with Crippen LogP contribution in [0.3, 0.4) is 0 Å². The molecule has 0 unspecified atom stereocenters. The Kier molecular flexibility index (Phi) is 6.50. The van der Waals surface area contributed by atoms with Gasteiger partial charge in [-0.3, -0.25) is 0 Å². The number of likely N-dealkylation sites (tertiary alicyclic amines) is 1. The summed E-state index contributed by atoms with van der Waals surface area (Å²) >= 11 is 0. The van der Waals surface area contributed by atoms with E-state index >= 15 is 0 Å². The Balaban J connectivity index is 2.18. The molecular weight excluding hydrogens is 210 g/mol. The zero-order valence-corrected chi connectivity index (χ0v) is 12.3. The summed E-state index contributed by atoms with van der Waals surface area (Å²) in [5.41, 5.74) is 0.0777. The molecule has 1 aliphatic rings. The maximum absolute atomic E-state index is 6.28. The maximum atomic E-state index is 6.28. The van der Waals surface area contributed by atoms with Crippen molar-refractivity contribution >= 4 is 0 Å². The van der Waals surface area contributed by atoms with E-state index in [9.17, 15) is 0 Å². The third kappa shape index (κ3) is 6.42. The lowest BCUT2D eigenvalue weighted by atomic mass is 9.98. The lowest BCUT2D eigenvalue weighted by Crippen LogP contribution is -2.39. The van der Waals surface area contributed by atoms with Gasteiger partial charge in [0, 0.05) is 13.1 Å². The molecule has 0 saturated carbocycles. The molecule has 0 amide bonds. The largest absolute Gasteiger partial charge is 0.372 e. The van der Waals surface area contributed by atoms with Crippen LogP contribution in [-0.2, 0) is 4.74 Å². The van der Waals surface area contributed by atoms with Gasteiger partial charge in [0.2, 0.25) is 0 Å². The zero-order chi connectivity index (χ0) is 12.7. The lowest BCUT2D eigenvalue weighted by molar-refractivity contribution is -0.0951. The van der Waals surface area contributed by atoms with Gasteiger partial charge in [0.15, 0.2) is 0 Å². The van der Waals surface area contributed by atoms with E-state index in [1.54, 1.807) is 0 Å². The molecule has 0 aromatic carbocycles. The van der Waals surface area contributed by atoms with Crippen LogP contribution in [0.5, 0.6) is 0 Å². The molecule has 102 valence electrons. The molecule has 2 nitrogen and oxygen atoms in total. The second kappa shape index (κ2) is 7.38. The van der Waals surface area contributed by atoms with E-state index in [2.05, 4.69) is 32.7 Å². The van der Waals surface area contributed by atoms with Gasteiger partial charge in [0.25, 0.3) is 0 Å². The van der Waals surface area contributed by atoms with Crippen LogP contribution in [0.2, 0.25) is 0 Å². The molecule has 0 aromatic heterocycles. The van der Waals surface area contributed by atoms with Crippen molar-refractivity contribution in [3.8, 4) is 0 Å². The predicted octanol–water partition coefficient (Wildman–Crippen LogP) is 3.85. The molecule has 0 spiro atoms. The molecule has 0 N–H and O–H groups in total. The first-order chi connectivity index (χ1) is 8.03. The van der Waals surface area contributed by atoms with Crippen LogP contribution in [0.1, 0.15) is 65.7 Å². The van der Waals surface area contributed by atoms with E-state index in [4.69, 9.17) is 4.74 Å². The lowest BCUT2D eigenvalue weighted by Gasteiger charge is -2.35. The molecule has 0 atom stereocenters. The fraction of sp³-hybridized carbons (Fsp3) is 1.00. The monoisotopic (exact) mass is 241 g/mol. The highest BCUT2D eigenvalue weighted by atomic mass is 16.5. The average Bonchev–Trinajstić information content (AvgIpc) is 2.27. The Morgan fingerprint density at radius 2 is 1.76 bits per heavy atom. The normalized spacial score (nSPS) is 19.8.